The number of nitrogens with zero attached hydrogens (tertiary/aromatic N) is 1. The molecular formula is C12H16N2O2. The number of hydrogen-bond acceptors (Lipinski definition) is 4. The Labute approximate surface area is 95.8 Å². The highest BCUT2D eigenvalue weighted by Gasteiger charge is 2.04. The van der Waals surface area contributed by atoms with Crippen molar-refractivity contribution in [3.8, 4) is 17.6 Å². The van der Waals surface area contributed by atoms with E-state index in [1.807, 2.05) is 24.3 Å². The summed E-state index contributed by atoms with van der Waals surface area (Å²) in [6.07, 6.45) is 0.808. The summed E-state index contributed by atoms with van der Waals surface area (Å²) in [5.41, 5.74) is 1.08. The van der Waals surface area contributed by atoms with Crippen LogP contribution in [0.2, 0.25) is 0 Å². The maximum Gasteiger partial charge on any atom is 0.122 e. The van der Waals surface area contributed by atoms with Gasteiger partial charge in [0.25, 0.3) is 0 Å². The van der Waals surface area contributed by atoms with Gasteiger partial charge in [-0.25, -0.2) is 0 Å². The maximum absolute atomic E-state index is 8.39. The molecule has 0 spiro atoms. The Bertz CT molecular complexity index is 372. The fourth-order valence-corrected chi connectivity index (χ4v) is 1.44. The van der Waals surface area contributed by atoms with Crippen molar-refractivity contribution in [2.45, 2.75) is 6.42 Å². The SMILES string of the molecule is COc1ccc(OC)c(CCNCC#N)c1. The molecule has 0 saturated carbocycles. The molecule has 0 radical (unpaired) electrons. The molecule has 0 heterocycles. The van der Waals surface area contributed by atoms with E-state index in [2.05, 4.69) is 5.32 Å². The standard InChI is InChI=1S/C12H16N2O2/c1-15-11-3-4-12(16-2)10(9-11)5-7-14-8-6-13/h3-4,9,14H,5,7-8H2,1-2H3. The van der Waals surface area contributed by atoms with Gasteiger partial charge in [-0.3, -0.25) is 0 Å². The van der Waals surface area contributed by atoms with Crippen LogP contribution in [0, 0.1) is 11.3 Å². The second kappa shape index (κ2) is 6.70. The monoisotopic (exact) mass is 220 g/mol. The van der Waals surface area contributed by atoms with E-state index in [-0.39, 0.29) is 0 Å². The molecule has 0 saturated heterocycles. The molecule has 0 bridgehead atoms. The summed E-state index contributed by atoms with van der Waals surface area (Å²) < 4.78 is 10.4. The normalized spacial score (nSPS) is 9.56. The zero-order valence-electron chi connectivity index (χ0n) is 9.62. The predicted octanol–water partition coefficient (Wildman–Crippen LogP) is 1.36. The first-order valence-electron chi connectivity index (χ1n) is 5.10. The largest absolute Gasteiger partial charge is 0.497 e. The smallest absolute Gasteiger partial charge is 0.122 e. The maximum atomic E-state index is 8.39. The number of nitriles is 1. The minimum absolute atomic E-state index is 0.367. The molecule has 86 valence electrons. The van der Waals surface area contributed by atoms with E-state index in [4.69, 9.17) is 14.7 Å². The molecule has 0 aliphatic heterocycles. The highest BCUT2D eigenvalue weighted by molar-refractivity contribution is 5.40. The summed E-state index contributed by atoms with van der Waals surface area (Å²) in [5, 5.41) is 11.4. The van der Waals surface area contributed by atoms with Gasteiger partial charge < -0.3 is 14.8 Å². The van der Waals surface area contributed by atoms with E-state index in [1.165, 1.54) is 0 Å². The Hall–Kier alpha value is -1.73. The fourth-order valence-electron chi connectivity index (χ4n) is 1.44. The van der Waals surface area contributed by atoms with Crippen LogP contribution in [-0.4, -0.2) is 27.3 Å². The van der Waals surface area contributed by atoms with Crippen molar-refractivity contribution in [2.24, 2.45) is 0 Å². The molecule has 0 amide bonds. The van der Waals surface area contributed by atoms with Gasteiger partial charge >= 0.3 is 0 Å². The fraction of sp³-hybridized carbons (Fsp3) is 0.417. The van der Waals surface area contributed by atoms with Crippen molar-refractivity contribution >= 4 is 0 Å². The first kappa shape index (κ1) is 12.3. The van der Waals surface area contributed by atoms with Gasteiger partial charge in [-0.05, 0) is 30.2 Å². The van der Waals surface area contributed by atoms with Gasteiger partial charge in [0.05, 0.1) is 26.8 Å². The molecule has 4 nitrogen and oxygen atoms in total. The van der Waals surface area contributed by atoms with Crippen molar-refractivity contribution in [1.29, 1.82) is 5.26 Å². The van der Waals surface area contributed by atoms with Gasteiger partial charge in [0.1, 0.15) is 11.5 Å². The van der Waals surface area contributed by atoms with Crippen molar-refractivity contribution < 1.29 is 9.47 Å². The molecule has 0 aliphatic carbocycles. The molecule has 1 aromatic rings. The third kappa shape index (κ3) is 3.44. The van der Waals surface area contributed by atoms with Crippen LogP contribution >= 0.6 is 0 Å². The van der Waals surface area contributed by atoms with E-state index >= 15 is 0 Å². The molecule has 4 heteroatoms. The zero-order chi connectivity index (χ0) is 11.8. The average molecular weight is 220 g/mol. The number of nitrogens with one attached hydrogen (secondary N) is 1. The van der Waals surface area contributed by atoms with Crippen LogP contribution in [0.25, 0.3) is 0 Å². The second-order valence-corrected chi connectivity index (χ2v) is 3.26. The lowest BCUT2D eigenvalue weighted by molar-refractivity contribution is 0.398. The van der Waals surface area contributed by atoms with Gasteiger partial charge in [-0.15, -0.1) is 0 Å². The Balaban J connectivity index is 2.64. The van der Waals surface area contributed by atoms with Crippen molar-refractivity contribution in [3.05, 3.63) is 23.8 Å². The third-order valence-electron chi connectivity index (χ3n) is 2.26. The van der Waals surface area contributed by atoms with Crippen LogP contribution in [-0.2, 0) is 6.42 Å². The van der Waals surface area contributed by atoms with E-state index in [0.717, 1.165) is 30.0 Å². The van der Waals surface area contributed by atoms with Gasteiger partial charge in [0.15, 0.2) is 0 Å². The van der Waals surface area contributed by atoms with Crippen molar-refractivity contribution in [1.82, 2.24) is 5.32 Å². The van der Waals surface area contributed by atoms with Crippen molar-refractivity contribution in [3.63, 3.8) is 0 Å². The van der Waals surface area contributed by atoms with Gasteiger partial charge in [0, 0.05) is 6.54 Å². The molecule has 0 unspecified atom stereocenters. The van der Waals surface area contributed by atoms with E-state index in [1.54, 1.807) is 14.2 Å². The summed E-state index contributed by atoms with van der Waals surface area (Å²) >= 11 is 0. The summed E-state index contributed by atoms with van der Waals surface area (Å²) in [5.74, 6) is 1.66. The molecule has 1 aromatic carbocycles. The summed E-state index contributed by atoms with van der Waals surface area (Å²) in [6, 6.07) is 7.74. The third-order valence-corrected chi connectivity index (χ3v) is 2.26. The predicted molar refractivity (Wildman–Crippen MR) is 61.7 cm³/mol. The Morgan fingerprint density at radius 3 is 2.75 bits per heavy atom. The molecule has 0 fully saturated rings. The molecule has 0 aromatic heterocycles. The van der Waals surface area contributed by atoms with Crippen LogP contribution in [0.3, 0.4) is 0 Å². The van der Waals surface area contributed by atoms with Crippen molar-refractivity contribution in [2.75, 3.05) is 27.3 Å². The lowest BCUT2D eigenvalue weighted by Crippen LogP contribution is -2.17. The van der Waals surface area contributed by atoms with Crippen LogP contribution in [0.1, 0.15) is 5.56 Å². The molecule has 1 N–H and O–H groups in total. The van der Waals surface area contributed by atoms with E-state index < -0.39 is 0 Å². The zero-order valence-corrected chi connectivity index (χ0v) is 9.62. The van der Waals surface area contributed by atoms with Gasteiger partial charge in [0.2, 0.25) is 0 Å². The number of hydrogen-bond donors (Lipinski definition) is 1. The first-order valence-corrected chi connectivity index (χ1v) is 5.10. The highest BCUT2D eigenvalue weighted by Crippen LogP contribution is 2.23. The Morgan fingerprint density at radius 1 is 1.31 bits per heavy atom. The van der Waals surface area contributed by atoms with Gasteiger partial charge in [-0.2, -0.15) is 5.26 Å². The number of methoxy groups -OCH3 is 2. The topological polar surface area (TPSA) is 54.3 Å². The molecule has 1 rings (SSSR count). The lowest BCUT2D eigenvalue weighted by Gasteiger charge is -2.10. The Morgan fingerprint density at radius 2 is 2.12 bits per heavy atom. The van der Waals surface area contributed by atoms with Gasteiger partial charge in [-0.1, -0.05) is 0 Å². The average Bonchev–Trinajstić information content (AvgIpc) is 2.34. The number of rotatable bonds is 6. The first-order chi connectivity index (χ1) is 7.81. The second-order valence-electron chi connectivity index (χ2n) is 3.26. The van der Waals surface area contributed by atoms with Crippen LogP contribution in [0.5, 0.6) is 11.5 Å². The lowest BCUT2D eigenvalue weighted by atomic mass is 10.1. The van der Waals surface area contributed by atoms with Crippen LogP contribution in [0.4, 0.5) is 0 Å². The molecule has 16 heavy (non-hydrogen) atoms. The van der Waals surface area contributed by atoms with Crippen LogP contribution in [0.15, 0.2) is 18.2 Å². The van der Waals surface area contributed by atoms with E-state index in [0.29, 0.717) is 6.54 Å². The minimum Gasteiger partial charge on any atom is -0.497 e. The quantitative estimate of drug-likeness (QED) is 0.581. The molecule has 0 aliphatic rings. The Kier molecular flexibility index (Phi) is 5.17. The minimum atomic E-state index is 0.367. The highest BCUT2D eigenvalue weighted by atomic mass is 16.5. The van der Waals surface area contributed by atoms with E-state index in [9.17, 15) is 0 Å². The summed E-state index contributed by atoms with van der Waals surface area (Å²) in [4.78, 5) is 0. The summed E-state index contributed by atoms with van der Waals surface area (Å²) in [7, 11) is 3.29. The number of ether oxygens (including phenoxy) is 2. The summed E-state index contributed by atoms with van der Waals surface area (Å²) in [6.45, 7) is 1.11. The van der Waals surface area contributed by atoms with Crippen LogP contribution < -0.4 is 14.8 Å². The molecular weight excluding hydrogens is 204 g/mol. The molecule has 0 atom stereocenters. The number of benzene rings is 1.